The Balaban J connectivity index is 1.79. The van der Waals surface area contributed by atoms with Gasteiger partial charge in [0.2, 0.25) is 5.91 Å². The Kier molecular flexibility index (Phi) is 7.66. The van der Waals surface area contributed by atoms with E-state index < -0.39 is 0 Å². The van der Waals surface area contributed by atoms with Crippen molar-refractivity contribution in [2.75, 3.05) is 32.7 Å². The van der Waals surface area contributed by atoms with Crippen LogP contribution in [-0.4, -0.2) is 68.2 Å². The Morgan fingerprint density at radius 2 is 1.73 bits per heavy atom. The van der Waals surface area contributed by atoms with E-state index in [1.54, 1.807) is 4.68 Å². The van der Waals surface area contributed by atoms with Gasteiger partial charge < -0.3 is 9.88 Å². The summed E-state index contributed by atoms with van der Waals surface area (Å²) in [5, 5.41) is 4.63. The first kappa shape index (κ1) is 25.4. The molecule has 3 heterocycles. The SMILES string of the molecule is CC(C)CC(CCN1CCN(C(=O)C(C)C)CC1)c1nc2c(C(C)(C)C)nn(C)c2c(=O)[nH]1. The van der Waals surface area contributed by atoms with Gasteiger partial charge in [0.1, 0.15) is 11.3 Å². The maximum atomic E-state index is 13.0. The summed E-state index contributed by atoms with van der Waals surface area (Å²) < 4.78 is 1.65. The molecule has 2 aromatic rings. The summed E-state index contributed by atoms with van der Waals surface area (Å²) in [7, 11) is 1.81. The van der Waals surface area contributed by atoms with Crippen molar-refractivity contribution in [3.8, 4) is 0 Å². The molecule has 0 spiro atoms. The van der Waals surface area contributed by atoms with Crippen LogP contribution in [0.4, 0.5) is 0 Å². The molecule has 8 nitrogen and oxygen atoms in total. The molecular weight excluding hydrogens is 416 g/mol. The van der Waals surface area contributed by atoms with E-state index in [0.717, 1.165) is 62.6 Å². The number of aromatic nitrogens is 4. The topological polar surface area (TPSA) is 87.1 Å². The molecular formula is C25H42N6O2. The fraction of sp³-hybridized carbons (Fsp3) is 0.760. The lowest BCUT2D eigenvalue weighted by Gasteiger charge is -2.36. The lowest BCUT2D eigenvalue weighted by molar-refractivity contribution is -0.136. The zero-order valence-corrected chi connectivity index (χ0v) is 21.7. The van der Waals surface area contributed by atoms with Gasteiger partial charge in [-0.05, 0) is 25.3 Å². The van der Waals surface area contributed by atoms with Crippen molar-refractivity contribution in [1.29, 1.82) is 0 Å². The summed E-state index contributed by atoms with van der Waals surface area (Å²) in [5.74, 6) is 1.73. The Labute approximate surface area is 197 Å². The number of amides is 1. The largest absolute Gasteiger partial charge is 0.340 e. The van der Waals surface area contributed by atoms with Crippen molar-refractivity contribution < 1.29 is 4.79 Å². The van der Waals surface area contributed by atoms with E-state index in [2.05, 4.69) is 49.6 Å². The average molecular weight is 459 g/mol. The minimum atomic E-state index is -0.196. The highest BCUT2D eigenvalue weighted by Crippen LogP contribution is 2.29. The van der Waals surface area contributed by atoms with E-state index in [0.29, 0.717) is 11.4 Å². The first-order valence-electron chi connectivity index (χ1n) is 12.4. The number of carbonyl (C=O) groups is 1. The van der Waals surface area contributed by atoms with E-state index >= 15 is 0 Å². The van der Waals surface area contributed by atoms with Crippen LogP contribution < -0.4 is 5.56 Å². The van der Waals surface area contributed by atoms with Gasteiger partial charge in [0.05, 0.1) is 5.69 Å². The molecule has 3 rings (SSSR count). The lowest BCUT2D eigenvalue weighted by Crippen LogP contribution is -2.50. The average Bonchev–Trinajstić information content (AvgIpc) is 3.08. The summed E-state index contributed by atoms with van der Waals surface area (Å²) in [5.41, 5.74) is 1.81. The van der Waals surface area contributed by atoms with Crippen LogP contribution in [0, 0.1) is 11.8 Å². The van der Waals surface area contributed by atoms with Crippen molar-refractivity contribution in [2.45, 2.75) is 72.6 Å². The number of carbonyl (C=O) groups excluding carboxylic acids is 1. The fourth-order valence-electron chi connectivity index (χ4n) is 4.73. The molecule has 184 valence electrons. The molecule has 8 heteroatoms. The molecule has 1 aliphatic heterocycles. The van der Waals surface area contributed by atoms with E-state index in [1.807, 2.05) is 25.8 Å². The fourth-order valence-corrected chi connectivity index (χ4v) is 4.73. The molecule has 0 radical (unpaired) electrons. The molecule has 1 N–H and O–H groups in total. The number of hydrogen-bond acceptors (Lipinski definition) is 5. The highest BCUT2D eigenvalue weighted by Gasteiger charge is 2.27. The predicted octanol–water partition coefficient (Wildman–Crippen LogP) is 3.27. The third kappa shape index (κ3) is 5.83. The second kappa shape index (κ2) is 9.95. The van der Waals surface area contributed by atoms with Gasteiger partial charge in [-0.3, -0.25) is 19.2 Å². The monoisotopic (exact) mass is 458 g/mol. The molecule has 0 bridgehead atoms. The molecule has 33 heavy (non-hydrogen) atoms. The van der Waals surface area contributed by atoms with Gasteiger partial charge in [0, 0.05) is 50.5 Å². The summed E-state index contributed by atoms with van der Waals surface area (Å²) in [4.78, 5) is 37.8. The maximum absolute atomic E-state index is 13.0. The molecule has 2 aromatic heterocycles. The normalized spacial score (nSPS) is 16.8. The van der Waals surface area contributed by atoms with Crippen LogP contribution >= 0.6 is 0 Å². The van der Waals surface area contributed by atoms with Crippen LogP contribution in [0.2, 0.25) is 0 Å². The van der Waals surface area contributed by atoms with Gasteiger partial charge in [0.15, 0.2) is 5.52 Å². The summed E-state index contributed by atoms with van der Waals surface area (Å²) in [6, 6.07) is 0. The number of nitrogens with one attached hydrogen (secondary N) is 1. The van der Waals surface area contributed by atoms with Crippen LogP contribution in [-0.2, 0) is 17.3 Å². The second-order valence-corrected chi connectivity index (χ2v) is 11.3. The Morgan fingerprint density at radius 3 is 2.27 bits per heavy atom. The first-order chi connectivity index (χ1) is 15.4. The van der Waals surface area contributed by atoms with Gasteiger partial charge >= 0.3 is 0 Å². The Hall–Kier alpha value is -2.22. The number of hydrogen-bond donors (Lipinski definition) is 1. The Bertz CT molecular complexity index is 1020. The van der Waals surface area contributed by atoms with Gasteiger partial charge in [-0.1, -0.05) is 48.5 Å². The van der Waals surface area contributed by atoms with Crippen molar-refractivity contribution in [3.63, 3.8) is 0 Å². The van der Waals surface area contributed by atoms with Crippen LogP contribution in [0.5, 0.6) is 0 Å². The second-order valence-electron chi connectivity index (χ2n) is 11.3. The van der Waals surface area contributed by atoms with Crippen molar-refractivity contribution in [1.82, 2.24) is 29.5 Å². The van der Waals surface area contributed by atoms with Crippen LogP contribution in [0.15, 0.2) is 4.79 Å². The van der Waals surface area contributed by atoms with Crippen LogP contribution in [0.1, 0.15) is 78.7 Å². The van der Waals surface area contributed by atoms with E-state index in [9.17, 15) is 9.59 Å². The minimum Gasteiger partial charge on any atom is -0.340 e. The summed E-state index contributed by atoms with van der Waals surface area (Å²) >= 11 is 0. The minimum absolute atomic E-state index is 0.0512. The van der Waals surface area contributed by atoms with Gasteiger partial charge in [-0.15, -0.1) is 0 Å². The molecule has 0 aromatic carbocycles. The van der Waals surface area contributed by atoms with Crippen molar-refractivity contribution in [3.05, 3.63) is 21.9 Å². The lowest BCUT2D eigenvalue weighted by atomic mass is 9.91. The molecule has 1 aliphatic rings. The van der Waals surface area contributed by atoms with Gasteiger partial charge in [0.25, 0.3) is 5.56 Å². The number of aromatic amines is 1. The quantitative estimate of drug-likeness (QED) is 0.688. The van der Waals surface area contributed by atoms with Gasteiger partial charge in [-0.2, -0.15) is 5.10 Å². The predicted molar refractivity (Wildman–Crippen MR) is 133 cm³/mol. The summed E-state index contributed by atoms with van der Waals surface area (Å²) in [6.07, 6.45) is 1.89. The first-order valence-corrected chi connectivity index (χ1v) is 12.4. The van der Waals surface area contributed by atoms with Gasteiger partial charge in [-0.25, -0.2) is 4.98 Å². The molecule has 1 saturated heterocycles. The molecule has 1 amide bonds. The van der Waals surface area contributed by atoms with Crippen molar-refractivity contribution >= 4 is 16.9 Å². The molecule has 1 unspecified atom stereocenters. The van der Waals surface area contributed by atoms with Crippen molar-refractivity contribution in [2.24, 2.45) is 18.9 Å². The number of fused-ring (bicyclic) bond motifs is 1. The van der Waals surface area contributed by atoms with E-state index in [4.69, 9.17) is 4.98 Å². The number of piperazine rings is 1. The zero-order valence-electron chi connectivity index (χ0n) is 21.7. The highest BCUT2D eigenvalue weighted by atomic mass is 16.2. The van der Waals surface area contributed by atoms with Crippen LogP contribution in [0.3, 0.4) is 0 Å². The zero-order chi connectivity index (χ0) is 24.5. The highest BCUT2D eigenvalue weighted by molar-refractivity contribution is 5.78. The number of nitrogens with zero attached hydrogens (tertiary/aromatic N) is 5. The third-order valence-electron chi connectivity index (χ3n) is 6.54. The smallest absolute Gasteiger partial charge is 0.277 e. The number of aryl methyl sites for hydroxylation is 1. The molecule has 1 atom stereocenters. The number of H-pyrrole nitrogens is 1. The maximum Gasteiger partial charge on any atom is 0.277 e. The third-order valence-corrected chi connectivity index (χ3v) is 6.54. The molecule has 0 aliphatic carbocycles. The standard InChI is InChI=1S/C25H42N6O2/c1-16(2)15-18(9-10-30-11-13-31(14-12-30)24(33)17(3)4)22-26-19-20(23(32)27-22)29(8)28-21(19)25(5,6)7/h16-18H,9-15H2,1-8H3,(H,26,27,32). The number of rotatable bonds is 7. The van der Waals surface area contributed by atoms with E-state index in [-0.39, 0.29) is 28.7 Å². The Morgan fingerprint density at radius 1 is 1.09 bits per heavy atom. The summed E-state index contributed by atoms with van der Waals surface area (Å²) in [6.45, 7) is 19.0. The molecule has 0 saturated carbocycles. The van der Waals surface area contributed by atoms with Crippen LogP contribution in [0.25, 0.3) is 11.0 Å². The molecule has 1 fully saturated rings. The van der Waals surface area contributed by atoms with E-state index in [1.165, 1.54) is 0 Å².